The molecular weight excluding hydrogens is 461 g/mol. The maximum atomic E-state index is 14.1. The molecule has 3 aromatic heterocycles. The van der Waals surface area contributed by atoms with Gasteiger partial charge in [0.05, 0.1) is 30.4 Å². The molecule has 3 heterocycles. The summed E-state index contributed by atoms with van der Waals surface area (Å²) in [6.45, 7) is 1.86. The molecule has 35 heavy (non-hydrogen) atoms. The fourth-order valence-corrected chi connectivity index (χ4v) is 3.84. The van der Waals surface area contributed by atoms with Crippen LogP contribution in [0.2, 0.25) is 0 Å². The Morgan fingerprint density at radius 2 is 2.00 bits per heavy atom. The first kappa shape index (κ1) is 23.7. The van der Waals surface area contributed by atoms with Crippen molar-refractivity contribution in [3.8, 4) is 17.0 Å². The van der Waals surface area contributed by atoms with Gasteiger partial charge in [0.1, 0.15) is 40.9 Å². The molecule has 1 aromatic carbocycles. The van der Waals surface area contributed by atoms with E-state index in [4.69, 9.17) is 16.0 Å². The Bertz CT molecular complexity index is 1440. The Morgan fingerprint density at radius 1 is 1.20 bits per heavy atom. The number of benzene rings is 1. The van der Waals surface area contributed by atoms with Crippen LogP contribution in [0.25, 0.3) is 22.2 Å². The molecule has 1 unspecified atom stereocenters. The Labute approximate surface area is 198 Å². The van der Waals surface area contributed by atoms with Crippen molar-refractivity contribution >= 4 is 22.5 Å². The maximum Gasteiger partial charge on any atom is 0.221 e. The third-order valence-electron chi connectivity index (χ3n) is 5.44. The Kier molecular flexibility index (Phi) is 6.62. The zero-order valence-corrected chi connectivity index (χ0v) is 18.8. The summed E-state index contributed by atoms with van der Waals surface area (Å²) in [6.07, 6.45) is 5.82. The molecule has 0 aliphatic heterocycles. The number of anilines is 2. The summed E-state index contributed by atoms with van der Waals surface area (Å²) < 4.78 is 48.4. The lowest BCUT2D eigenvalue weighted by atomic mass is 10.1. The number of aromatic nitrogens is 4. The number of nitrogens with two attached hydrogens (primary N) is 1. The van der Waals surface area contributed by atoms with Gasteiger partial charge in [-0.05, 0) is 24.6 Å². The SMILES string of the molecule is CCC(/C(=C/Nc1ccc(F)cc1F)N=N)n1cc(-c2cc(F)cnc2OC)c2c(N)ncnc21. The number of allylic oxidation sites excluding steroid dienone is 1. The van der Waals surface area contributed by atoms with Crippen molar-refractivity contribution in [1.29, 1.82) is 5.53 Å². The molecule has 0 aliphatic rings. The van der Waals surface area contributed by atoms with Crippen molar-refractivity contribution < 1.29 is 17.9 Å². The van der Waals surface area contributed by atoms with E-state index in [0.29, 0.717) is 28.6 Å². The van der Waals surface area contributed by atoms with Gasteiger partial charge in [-0.2, -0.15) is 5.11 Å². The lowest BCUT2D eigenvalue weighted by molar-refractivity contribution is 0.397. The summed E-state index contributed by atoms with van der Waals surface area (Å²) in [6, 6.07) is 3.81. The first-order chi connectivity index (χ1) is 16.9. The summed E-state index contributed by atoms with van der Waals surface area (Å²) in [5.41, 5.74) is 15.4. The van der Waals surface area contributed by atoms with Crippen LogP contribution in [0.1, 0.15) is 19.4 Å². The lowest BCUT2D eigenvalue weighted by Crippen LogP contribution is -2.11. The van der Waals surface area contributed by atoms with Crippen LogP contribution < -0.4 is 15.8 Å². The van der Waals surface area contributed by atoms with E-state index in [0.717, 1.165) is 18.3 Å². The van der Waals surface area contributed by atoms with Crippen LogP contribution >= 0.6 is 0 Å². The highest BCUT2D eigenvalue weighted by Crippen LogP contribution is 2.39. The molecule has 0 saturated heterocycles. The molecule has 4 aromatic rings. The summed E-state index contributed by atoms with van der Waals surface area (Å²) in [5, 5.41) is 6.79. The molecule has 9 nitrogen and oxygen atoms in total. The van der Waals surface area contributed by atoms with Crippen molar-refractivity contribution in [1.82, 2.24) is 19.5 Å². The molecule has 0 fully saturated rings. The maximum absolute atomic E-state index is 14.1. The van der Waals surface area contributed by atoms with Crippen LogP contribution in [0.5, 0.6) is 5.88 Å². The number of nitrogens with one attached hydrogen (secondary N) is 2. The fraction of sp³-hybridized carbons (Fsp3) is 0.174. The van der Waals surface area contributed by atoms with Crippen molar-refractivity contribution in [3.63, 3.8) is 0 Å². The third-order valence-corrected chi connectivity index (χ3v) is 5.44. The largest absolute Gasteiger partial charge is 0.481 e. The van der Waals surface area contributed by atoms with Gasteiger partial charge >= 0.3 is 0 Å². The molecule has 0 amide bonds. The minimum absolute atomic E-state index is 0.0163. The van der Waals surface area contributed by atoms with Crippen molar-refractivity contribution in [2.24, 2.45) is 5.11 Å². The second-order valence-corrected chi connectivity index (χ2v) is 7.49. The number of pyridine rings is 1. The highest BCUT2D eigenvalue weighted by Gasteiger charge is 2.24. The minimum Gasteiger partial charge on any atom is -0.481 e. The lowest BCUT2D eigenvalue weighted by Gasteiger charge is -2.18. The topological polar surface area (TPSA) is 127 Å². The highest BCUT2D eigenvalue weighted by molar-refractivity contribution is 6.01. The van der Waals surface area contributed by atoms with Gasteiger partial charge in [0.15, 0.2) is 0 Å². The van der Waals surface area contributed by atoms with E-state index in [-0.39, 0.29) is 23.1 Å². The van der Waals surface area contributed by atoms with Gasteiger partial charge in [-0.15, -0.1) is 0 Å². The summed E-state index contributed by atoms with van der Waals surface area (Å²) in [7, 11) is 1.41. The molecular formula is C23H21F3N8O. The second-order valence-electron chi connectivity index (χ2n) is 7.49. The molecule has 0 spiro atoms. The number of halogens is 3. The van der Waals surface area contributed by atoms with Crippen molar-refractivity contribution in [3.05, 3.63) is 72.3 Å². The van der Waals surface area contributed by atoms with Gasteiger partial charge < -0.3 is 20.4 Å². The Morgan fingerprint density at radius 3 is 2.69 bits per heavy atom. The summed E-state index contributed by atoms with van der Waals surface area (Å²) >= 11 is 0. The van der Waals surface area contributed by atoms with Crippen molar-refractivity contribution in [2.75, 3.05) is 18.2 Å². The van der Waals surface area contributed by atoms with Crippen LogP contribution in [0.4, 0.5) is 24.7 Å². The monoisotopic (exact) mass is 482 g/mol. The molecule has 12 heteroatoms. The second kappa shape index (κ2) is 9.79. The number of methoxy groups -OCH3 is 1. The number of fused-ring (bicyclic) bond motifs is 1. The quantitative estimate of drug-likeness (QED) is 0.287. The minimum atomic E-state index is -0.793. The molecule has 4 rings (SSSR count). The van der Waals surface area contributed by atoms with Gasteiger partial charge in [-0.1, -0.05) is 6.92 Å². The summed E-state index contributed by atoms with van der Waals surface area (Å²) in [5.74, 6) is -1.74. The fourth-order valence-electron chi connectivity index (χ4n) is 3.84. The molecule has 4 N–H and O–H groups in total. The van der Waals surface area contributed by atoms with E-state index in [1.165, 1.54) is 31.8 Å². The van der Waals surface area contributed by atoms with E-state index in [1.54, 1.807) is 10.8 Å². The predicted octanol–water partition coefficient (Wildman–Crippen LogP) is 5.44. The molecule has 0 aliphatic carbocycles. The molecule has 0 saturated carbocycles. The van der Waals surface area contributed by atoms with E-state index >= 15 is 0 Å². The molecule has 0 bridgehead atoms. The zero-order chi connectivity index (χ0) is 25.1. The van der Waals surface area contributed by atoms with Crippen LogP contribution in [0.3, 0.4) is 0 Å². The normalized spacial score (nSPS) is 12.5. The van der Waals surface area contributed by atoms with Crippen LogP contribution in [0.15, 0.2) is 60.0 Å². The third kappa shape index (κ3) is 4.50. The van der Waals surface area contributed by atoms with E-state index < -0.39 is 23.5 Å². The van der Waals surface area contributed by atoms with Gasteiger partial charge in [0.25, 0.3) is 0 Å². The van der Waals surface area contributed by atoms with E-state index in [9.17, 15) is 13.2 Å². The average molecular weight is 482 g/mol. The number of ether oxygens (including phenoxy) is 1. The summed E-state index contributed by atoms with van der Waals surface area (Å²) in [4.78, 5) is 12.4. The molecule has 180 valence electrons. The number of nitrogen functional groups attached to an aromatic ring is 1. The van der Waals surface area contributed by atoms with E-state index in [1.807, 2.05) is 6.92 Å². The van der Waals surface area contributed by atoms with Gasteiger partial charge in [-0.3, -0.25) is 0 Å². The van der Waals surface area contributed by atoms with Gasteiger partial charge in [-0.25, -0.2) is 33.7 Å². The van der Waals surface area contributed by atoms with Gasteiger partial charge in [0.2, 0.25) is 5.88 Å². The smallest absolute Gasteiger partial charge is 0.221 e. The van der Waals surface area contributed by atoms with Crippen molar-refractivity contribution in [2.45, 2.75) is 19.4 Å². The highest BCUT2D eigenvalue weighted by atomic mass is 19.1. The number of rotatable bonds is 8. The van der Waals surface area contributed by atoms with E-state index in [2.05, 4.69) is 25.4 Å². The number of hydrogen-bond donors (Lipinski definition) is 3. The first-order valence-electron chi connectivity index (χ1n) is 10.5. The zero-order valence-electron chi connectivity index (χ0n) is 18.8. The number of nitrogens with zero attached hydrogens (tertiary/aromatic N) is 5. The standard InChI is InChI=1S/C23H21F3N8O/c1-3-19(18(33-28)9-29-17-5-4-12(24)7-16(17)26)34-10-15(20-21(27)31-11-32-22(20)34)14-6-13(25)8-30-23(14)35-2/h4-11,19,28-29H,3H2,1-2H3,(H2,27,31,32)/b18-9-,33-28?. The Balaban J connectivity index is 1.86. The van der Waals surface area contributed by atoms with Crippen LogP contribution in [-0.4, -0.2) is 26.6 Å². The average Bonchev–Trinajstić information content (AvgIpc) is 3.23. The molecule has 1 atom stereocenters. The van der Waals surface area contributed by atoms with Gasteiger partial charge in [0, 0.05) is 29.6 Å². The number of hydrogen-bond acceptors (Lipinski definition) is 8. The Hall–Kier alpha value is -4.48. The molecule has 0 radical (unpaired) electrons. The van der Waals surface area contributed by atoms with Crippen LogP contribution in [0, 0.1) is 23.0 Å². The first-order valence-corrected chi connectivity index (χ1v) is 10.5. The van der Waals surface area contributed by atoms with Crippen LogP contribution in [-0.2, 0) is 0 Å². The predicted molar refractivity (Wildman–Crippen MR) is 124 cm³/mol.